The number of hydrogen-bond donors (Lipinski definition) is 0. The summed E-state index contributed by atoms with van der Waals surface area (Å²) >= 11 is 9.24. The molecule has 0 spiro atoms. The third-order valence-electron chi connectivity index (χ3n) is 2.67. The fourth-order valence-corrected chi connectivity index (χ4v) is 3.62. The van der Waals surface area contributed by atoms with Crippen molar-refractivity contribution in [3.8, 4) is 0 Å². The van der Waals surface area contributed by atoms with Crippen molar-refractivity contribution in [3.63, 3.8) is 0 Å². The molecule has 0 aliphatic rings. The lowest BCUT2D eigenvalue weighted by molar-refractivity contribution is -0.140. The molecule has 0 amide bonds. The second-order valence-corrected chi connectivity index (χ2v) is 7.88. The summed E-state index contributed by atoms with van der Waals surface area (Å²) in [5.74, 6) is -0.741. The number of carbonyl (C=O) groups is 1. The SMILES string of the molecule is COC(=O)CC(C)S(=O)(=O)Cc1ccc(Br)cc1Cl. The molecule has 0 bridgehead atoms. The van der Waals surface area contributed by atoms with E-state index in [4.69, 9.17) is 11.6 Å². The molecule has 0 saturated heterocycles. The first kappa shape index (κ1) is 16.5. The zero-order chi connectivity index (χ0) is 14.6. The third kappa shape index (κ3) is 4.78. The lowest BCUT2D eigenvalue weighted by Crippen LogP contribution is -2.23. The maximum atomic E-state index is 12.1. The fraction of sp³-hybridized carbons (Fsp3) is 0.417. The number of rotatable bonds is 5. The molecule has 106 valence electrons. The molecule has 1 atom stereocenters. The molecule has 7 heteroatoms. The van der Waals surface area contributed by atoms with Crippen LogP contribution in [0.4, 0.5) is 0 Å². The average Bonchev–Trinajstić information content (AvgIpc) is 2.32. The molecule has 1 unspecified atom stereocenters. The van der Waals surface area contributed by atoms with Gasteiger partial charge in [0, 0.05) is 9.50 Å². The van der Waals surface area contributed by atoms with Gasteiger partial charge in [-0.1, -0.05) is 33.6 Å². The van der Waals surface area contributed by atoms with Crippen LogP contribution in [0.3, 0.4) is 0 Å². The highest BCUT2D eigenvalue weighted by molar-refractivity contribution is 9.10. The van der Waals surface area contributed by atoms with Crippen LogP contribution in [-0.2, 0) is 25.1 Å². The second kappa shape index (κ2) is 6.72. The Kier molecular flexibility index (Phi) is 5.82. The number of methoxy groups -OCH3 is 1. The number of hydrogen-bond acceptors (Lipinski definition) is 4. The van der Waals surface area contributed by atoms with E-state index in [0.717, 1.165) is 4.47 Å². The summed E-state index contributed by atoms with van der Waals surface area (Å²) in [7, 11) is -2.23. The van der Waals surface area contributed by atoms with Crippen LogP contribution in [0, 0.1) is 0 Å². The maximum Gasteiger partial charge on any atom is 0.306 e. The molecule has 0 fully saturated rings. The minimum Gasteiger partial charge on any atom is -0.469 e. The summed E-state index contributed by atoms with van der Waals surface area (Å²) in [5.41, 5.74) is 0.515. The number of esters is 1. The van der Waals surface area contributed by atoms with E-state index in [-0.39, 0.29) is 12.2 Å². The Labute approximate surface area is 126 Å². The van der Waals surface area contributed by atoms with Gasteiger partial charge in [-0.2, -0.15) is 0 Å². The molecule has 1 rings (SSSR count). The Balaban J connectivity index is 2.87. The molecule has 1 aromatic carbocycles. The Morgan fingerprint density at radius 3 is 2.63 bits per heavy atom. The summed E-state index contributed by atoms with van der Waals surface area (Å²) in [6.45, 7) is 1.49. The number of ether oxygens (including phenoxy) is 1. The summed E-state index contributed by atoms with van der Waals surface area (Å²) in [6, 6.07) is 5.01. The minimum absolute atomic E-state index is 0.160. The molecule has 0 radical (unpaired) electrons. The van der Waals surface area contributed by atoms with Gasteiger partial charge in [-0.05, 0) is 24.6 Å². The van der Waals surface area contributed by atoms with Crippen molar-refractivity contribution in [3.05, 3.63) is 33.3 Å². The van der Waals surface area contributed by atoms with Crippen LogP contribution in [0.15, 0.2) is 22.7 Å². The van der Waals surface area contributed by atoms with Crippen LogP contribution in [0.2, 0.25) is 5.02 Å². The molecule has 19 heavy (non-hydrogen) atoms. The van der Waals surface area contributed by atoms with Crippen LogP contribution in [0.25, 0.3) is 0 Å². The van der Waals surface area contributed by atoms with Gasteiger partial charge in [0.1, 0.15) is 0 Å². The largest absolute Gasteiger partial charge is 0.469 e. The number of sulfone groups is 1. The molecule has 4 nitrogen and oxygen atoms in total. The van der Waals surface area contributed by atoms with Crippen LogP contribution < -0.4 is 0 Å². The number of carbonyl (C=O) groups excluding carboxylic acids is 1. The Bertz CT molecular complexity index is 571. The van der Waals surface area contributed by atoms with E-state index in [1.54, 1.807) is 18.2 Å². The minimum atomic E-state index is -3.45. The maximum absolute atomic E-state index is 12.1. The monoisotopic (exact) mass is 368 g/mol. The zero-order valence-electron chi connectivity index (χ0n) is 10.5. The lowest BCUT2D eigenvalue weighted by atomic mass is 10.2. The van der Waals surface area contributed by atoms with Crippen molar-refractivity contribution in [2.75, 3.05) is 7.11 Å². The van der Waals surface area contributed by atoms with Crippen LogP contribution in [0.1, 0.15) is 18.9 Å². The summed E-state index contributed by atoms with van der Waals surface area (Å²) in [5, 5.41) is -0.428. The first-order chi connectivity index (χ1) is 8.76. The van der Waals surface area contributed by atoms with Crippen LogP contribution in [0.5, 0.6) is 0 Å². The van der Waals surface area contributed by atoms with E-state index >= 15 is 0 Å². The number of halogens is 2. The molecule has 0 aliphatic carbocycles. The Morgan fingerprint density at radius 1 is 1.47 bits per heavy atom. The molecule has 0 N–H and O–H groups in total. The van der Waals surface area contributed by atoms with Gasteiger partial charge in [-0.15, -0.1) is 0 Å². The van der Waals surface area contributed by atoms with E-state index in [1.165, 1.54) is 14.0 Å². The molecule has 0 aliphatic heterocycles. The Hall–Kier alpha value is -0.590. The summed E-state index contributed by atoms with van der Waals surface area (Å²) in [6.07, 6.45) is -0.160. The number of benzene rings is 1. The van der Waals surface area contributed by atoms with Crippen molar-refractivity contribution in [2.45, 2.75) is 24.3 Å². The molecule has 0 saturated carbocycles. The normalized spacial score (nSPS) is 13.1. The van der Waals surface area contributed by atoms with Gasteiger partial charge >= 0.3 is 5.97 Å². The quantitative estimate of drug-likeness (QED) is 0.749. The highest BCUT2D eigenvalue weighted by Crippen LogP contribution is 2.24. The molecule has 0 aromatic heterocycles. The predicted octanol–water partition coefficient (Wildman–Crippen LogP) is 2.97. The topological polar surface area (TPSA) is 60.4 Å². The van der Waals surface area contributed by atoms with E-state index in [2.05, 4.69) is 20.7 Å². The lowest BCUT2D eigenvalue weighted by Gasteiger charge is -2.12. The smallest absolute Gasteiger partial charge is 0.306 e. The van der Waals surface area contributed by atoms with E-state index in [9.17, 15) is 13.2 Å². The fourth-order valence-electron chi connectivity index (χ4n) is 1.44. The van der Waals surface area contributed by atoms with E-state index in [0.29, 0.717) is 10.6 Å². The van der Waals surface area contributed by atoms with Gasteiger partial charge in [0.15, 0.2) is 9.84 Å². The molecule has 0 heterocycles. The highest BCUT2D eigenvalue weighted by atomic mass is 79.9. The molecular weight excluding hydrogens is 356 g/mol. The first-order valence-corrected chi connectivity index (χ1v) is 8.37. The van der Waals surface area contributed by atoms with Gasteiger partial charge in [0.2, 0.25) is 0 Å². The van der Waals surface area contributed by atoms with Crippen molar-refractivity contribution >= 4 is 43.3 Å². The predicted molar refractivity (Wildman–Crippen MR) is 77.9 cm³/mol. The van der Waals surface area contributed by atoms with Crippen molar-refractivity contribution in [1.29, 1.82) is 0 Å². The van der Waals surface area contributed by atoms with Crippen molar-refractivity contribution in [2.24, 2.45) is 0 Å². The first-order valence-electron chi connectivity index (χ1n) is 5.48. The summed E-state index contributed by atoms with van der Waals surface area (Å²) < 4.78 is 29.5. The highest BCUT2D eigenvalue weighted by Gasteiger charge is 2.25. The van der Waals surface area contributed by atoms with Gasteiger partial charge in [-0.25, -0.2) is 8.42 Å². The van der Waals surface area contributed by atoms with Crippen molar-refractivity contribution < 1.29 is 17.9 Å². The van der Waals surface area contributed by atoms with Crippen LogP contribution in [-0.4, -0.2) is 26.7 Å². The van der Waals surface area contributed by atoms with Gasteiger partial charge in [0.25, 0.3) is 0 Å². The second-order valence-electron chi connectivity index (χ2n) is 4.13. The molecular formula is C12H14BrClO4S. The van der Waals surface area contributed by atoms with E-state index in [1.807, 2.05) is 0 Å². The zero-order valence-corrected chi connectivity index (χ0v) is 13.7. The Morgan fingerprint density at radius 2 is 2.11 bits per heavy atom. The van der Waals surface area contributed by atoms with Gasteiger partial charge < -0.3 is 4.74 Å². The van der Waals surface area contributed by atoms with Crippen molar-refractivity contribution in [1.82, 2.24) is 0 Å². The standard InChI is InChI=1S/C12H14BrClO4S/c1-8(5-12(15)18-2)19(16,17)7-9-3-4-10(13)6-11(9)14/h3-4,6,8H,5,7H2,1-2H3. The summed E-state index contributed by atoms with van der Waals surface area (Å²) in [4.78, 5) is 11.1. The third-order valence-corrected chi connectivity index (χ3v) is 5.62. The van der Waals surface area contributed by atoms with Crippen LogP contribution >= 0.6 is 27.5 Å². The van der Waals surface area contributed by atoms with Gasteiger partial charge in [0.05, 0.1) is 24.5 Å². The van der Waals surface area contributed by atoms with Gasteiger partial charge in [-0.3, -0.25) is 4.79 Å². The average molecular weight is 370 g/mol. The molecule has 1 aromatic rings. The van der Waals surface area contributed by atoms with E-state index < -0.39 is 21.1 Å².